The molecule has 0 fully saturated rings. The van der Waals surface area contributed by atoms with Crippen LogP contribution in [0.2, 0.25) is 0 Å². The molecule has 0 unspecified atom stereocenters. The number of nitrogens with zero attached hydrogens (tertiary/aromatic N) is 2. The summed E-state index contributed by atoms with van der Waals surface area (Å²) in [5.41, 5.74) is 8.71. The van der Waals surface area contributed by atoms with E-state index in [1.165, 1.54) is 16.8 Å². The zero-order valence-corrected chi connectivity index (χ0v) is 17.0. The van der Waals surface area contributed by atoms with Gasteiger partial charge in [0.15, 0.2) is 0 Å². The van der Waals surface area contributed by atoms with Crippen molar-refractivity contribution in [1.29, 1.82) is 0 Å². The van der Waals surface area contributed by atoms with Crippen molar-refractivity contribution in [3.63, 3.8) is 0 Å². The summed E-state index contributed by atoms with van der Waals surface area (Å²) in [5, 5.41) is 11.6. The van der Waals surface area contributed by atoms with Gasteiger partial charge in [0.25, 0.3) is 0 Å². The number of hydrogen-bond acceptors (Lipinski definition) is 7. The molecule has 7 nitrogen and oxygen atoms in total. The van der Waals surface area contributed by atoms with E-state index in [0.717, 1.165) is 22.2 Å². The number of benzene rings is 2. The van der Waals surface area contributed by atoms with Crippen LogP contribution in [0.3, 0.4) is 0 Å². The van der Waals surface area contributed by atoms with Crippen molar-refractivity contribution in [2.75, 3.05) is 17.6 Å². The van der Waals surface area contributed by atoms with Crippen molar-refractivity contribution < 1.29 is 8.42 Å². The Morgan fingerprint density at radius 1 is 1.03 bits per heavy atom. The molecule has 2 aromatic heterocycles. The lowest BCUT2D eigenvalue weighted by Crippen LogP contribution is -2.12. The maximum atomic E-state index is 11.3. The molecule has 2 aromatic carbocycles. The first-order chi connectivity index (χ1) is 13.9. The lowest BCUT2D eigenvalue weighted by atomic mass is 10.1. The molecule has 0 spiro atoms. The summed E-state index contributed by atoms with van der Waals surface area (Å²) in [6.45, 7) is 0.606. The van der Waals surface area contributed by atoms with Gasteiger partial charge in [-0.15, -0.1) is 11.3 Å². The van der Waals surface area contributed by atoms with E-state index in [-0.39, 0.29) is 10.8 Å². The topological polar surface area (TPSA) is 124 Å². The molecule has 2 heterocycles. The molecule has 5 N–H and O–H groups in total. The second kappa shape index (κ2) is 7.78. The molecule has 0 aliphatic carbocycles. The number of nitrogens with one attached hydrogen (secondary N) is 1. The normalized spacial score (nSPS) is 11.6. The van der Waals surface area contributed by atoms with Gasteiger partial charge in [0.1, 0.15) is 5.82 Å². The lowest BCUT2D eigenvalue weighted by Gasteiger charge is -2.09. The number of nitrogen functional groups attached to an aromatic ring is 1. The fourth-order valence-electron chi connectivity index (χ4n) is 3.05. The van der Waals surface area contributed by atoms with Gasteiger partial charge in [-0.25, -0.2) is 18.5 Å². The van der Waals surface area contributed by atoms with Gasteiger partial charge < -0.3 is 11.1 Å². The summed E-state index contributed by atoms with van der Waals surface area (Å²) in [5.74, 6) is 0.849. The van der Waals surface area contributed by atoms with Crippen LogP contribution in [0.4, 0.5) is 11.8 Å². The third-order valence-corrected chi connectivity index (χ3v) is 6.36. The van der Waals surface area contributed by atoms with Crippen LogP contribution in [-0.4, -0.2) is 24.9 Å². The first kappa shape index (κ1) is 19.3. The number of anilines is 2. The number of fused-ring (bicyclic) bond motifs is 1. The van der Waals surface area contributed by atoms with Crippen molar-refractivity contribution in [2.24, 2.45) is 5.14 Å². The van der Waals surface area contributed by atoms with Crippen LogP contribution in [0.5, 0.6) is 0 Å². The SMILES string of the molecule is Nc1nc(NCCc2ccc(S(N)(=O)=O)cc2)cc(-c2csc3ccccc23)n1. The maximum Gasteiger partial charge on any atom is 0.238 e. The Hall–Kier alpha value is -3.01. The van der Waals surface area contributed by atoms with E-state index in [1.807, 2.05) is 18.2 Å². The number of nitrogens with two attached hydrogens (primary N) is 2. The van der Waals surface area contributed by atoms with Crippen molar-refractivity contribution in [2.45, 2.75) is 11.3 Å². The smallest absolute Gasteiger partial charge is 0.238 e. The van der Waals surface area contributed by atoms with Gasteiger partial charge in [0, 0.05) is 33.6 Å². The lowest BCUT2D eigenvalue weighted by molar-refractivity contribution is 0.598. The van der Waals surface area contributed by atoms with Crippen molar-refractivity contribution >= 4 is 43.2 Å². The fourth-order valence-corrected chi connectivity index (χ4v) is 4.52. The highest BCUT2D eigenvalue weighted by Gasteiger charge is 2.10. The highest BCUT2D eigenvalue weighted by Crippen LogP contribution is 2.33. The van der Waals surface area contributed by atoms with Gasteiger partial charge in [-0.2, -0.15) is 4.98 Å². The van der Waals surface area contributed by atoms with E-state index in [1.54, 1.807) is 23.5 Å². The van der Waals surface area contributed by atoms with E-state index < -0.39 is 10.0 Å². The molecule has 0 saturated heterocycles. The second-order valence-corrected chi connectivity index (χ2v) is 8.98. The predicted octanol–water partition coefficient (Wildman–Crippen LogP) is 3.24. The Morgan fingerprint density at radius 2 is 1.79 bits per heavy atom. The Morgan fingerprint density at radius 3 is 2.55 bits per heavy atom. The molecule has 4 rings (SSSR count). The Bertz CT molecular complexity index is 1270. The molecule has 0 saturated carbocycles. The van der Waals surface area contributed by atoms with Crippen molar-refractivity contribution in [3.05, 3.63) is 65.5 Å². The molecule has 0 aliphatic heterocycles. The van der Waals surface area contributed by atoms with Crippen molar-refractivity contribution in [3.8, 4) is 11.3 Å². The van der Waals surface area contributed by atoms with Gasteiger partial charge in [0.05, 0.1) is 10.6 Å². The number of aromatic nitrogens is 2. The monoisotopic (exact) mass is 425 g/mol. The molecule has 0 atom stereocenters. The van der Waals surface area contributed by atoms with Crippen LogP contribution in [0, 0.1) is 0 Å². The molecule has 4 aromatic rings. The third kappa shape index (κ3) is 4.37. The number of thiophene rings is 1. The van der Waals surface area contributed by atoms with Crippen LogP contribution >= 0.6 is 11.3 Å². The number of hydrogen-bond donors (Lipinski definition) is 3. The van der Waals surface area contributed by atoms with E-state index in [4.69, 9.17) is 10.9 Å². The summed E-state index contributed by atoms with van der Waals surface area (Å²) in [4.78, 5) is 8.76. The van der Waals surface area contributed by atoms with Crippen LogP contribution in [-0.2, 0) is 16.4 Å². The average Bonchev–Trinajstić information content (AvgIpc) is 3.11. The molecule has 29 heavy (non-hydrogen) atoms. The minimum absolute atomic E-state index is 0.102. The van der Waals surface area contributed by atoms with Crippen LogP contribution in [0.15, 0.2) is 64.9 Å². The van der Waals surface area contributed by atoms with Crippen molar-refractivity contribution in [1.82, 2.24) is 9.97 Å². The quantitative estimate of drug-likeness (QED) is 0.436. The first-order valence-electron chi connectivity index (χ1n) is 8.87. The standard InChI is InChI=1S/C20H19N5O2S2/c21-20-24-17(16-12-28-18-4-2-1-3-15(16)18)11-19(25-20)23-10-9-13-5-7-14(8-6-13)29(22,26)27/h1-8,11-12H,9-10H2,(H2,22,26,27)(H3,21,23,24,25). The van der Waals surface area contributed by atoms with E-state index in [9.17, 15) is 8.42 Å². The minimum Gasteiger partial charge on any atom is -0.370 e. The van der Waals surface area contributed by atoms with Gasteiger partial charge in [0.2, 0.25) is 16.0 Å². The summed E-state index contributed by atoms with van der Waals surface area (Å²) in [6, 6.07) is 16.6. The van der Waals surface area contributed by atoms with Gasteiger partial charge >= 0.3 is 0 Å². The fraction of sp³-hybridized carbons (Fsp3) is 0.100. The zero-order valence-electron chi connectivity index (χ0n) is 15.4. The Kier molecular flexibility index (Phi) is 5.18. The molecular weight excluding hydrogens is 406 g/mol. The van der Waals surface area contributed by atoms with E-state index in [0.29, 0.717) is 18.8 Å². The number of sulfonamides is 1. The molecule has 0 radical (unpaired) electrons. The molecule has 0 aliphatic rings. The maximum absolute atomic E-state index is 11.3. The predicted molar refractivity (Wildman–Crippen MR) is 117 cm³/mol. The molecular formula is C20H19N5O2S2. The van der Waals surface area contributed by atoms with Crippen LogP contribution in [0.25, 0.3) is 21.3 Å². The number of primary sulfonamides is 1. The molecule has 9 heteroatoms. The Balaban J connectivity index is 1.48. The van der Waals surface area contributed by atoms with E-state index in [2.05, 4.69) is 32.8 Å². The minimum atomic E-state index is -3.68. The largest absolute Gasteiger partial charge is 0.370 e. The van der Waals surface area contributed by atoms with Crippen LogP contribution < -0.4 is 16.2 Å². The third-order valence-electron chi connectivity index (χ3n) is 4.47. The second-order valence-electron chi connectivity index (χ2n) is 6.51. The van der Waals surface area contributed by atoms with Crippen LogP contribution in [0.1, 0.15) is 5.56 Å². The highest BCUT2D eigenvalue weighted by atomic mass is 32.2. The summed E-state index contributed by atoms with van der Waals surface area (Å²) >= 11 is 1.67. The van der Waals surface area contributed by atoms with Gasteiger partial charge in [-0.1, -0.05) is 30.3 Å². The van der Waals surface area contributed by atoms with Gasteiger partial charge in [-0.05, 0) is 30.2 Å². The van der Waals surface area contributed by atoms with E-state index >= 15 is 0 Å². The summed E-state index contributed by atoms with van der Waals surface area (Å²) < 4.78 is 23.8. The summed E-state index contributed by atoms with van der Waals surface area (Å²) in [6.07, 6.45) is 0.686. The average molecular weight is 426 g/mol. The molecule has 148 valence electrons. The summed E-state index contributed by atoms with van der Waals surface area (Å²) in [7, 11) is -3.68. The molecule has 0 amide bonds. The van der Waals surface area contributed by atoms with Gasteiger partial charge in [-0.3, -0.25) is 0 Å². The highest BCUT2D eigenvalue weighted by molar-refractivity contribution is 7.89. The molecule has 0 bridgehead atoms. The zero-order chi connectivity index (χ0) is 20.4. The first-order valence-corrected chi connectivity index (χ1v) is 11.3. The number of rotatable bonds is 6. The Labute approximate surface area is 172 Å².